The zero-order valence-electron chi connectivity index (χ0n) is 12.7. The summed E-state index contributed by atoms with van der Waals surface area (Å²) >= 11 is 5.87. The highest BCUT2D eigenvalue weighted by molar-refractivity contribution is 6.35. The van der Waals surface area contributed by atoms with Crippen molar-refractivity contribution in [2.75, 3.05) is 7.04 Å². The van der Waals surface area contributed by atoms with Crippen LogP contribution in [0.5, 0.6) is 0 Å². The molecule has 2 aromatic rings. The number of nitrogens with zero attached hydrogens (tertiary/aromatic N) is 1. The van der Waals surface area contributed by atoms with Gasteiger partial charge in [-0.15, -0.1) is 0 Å². The maximum atomic E-state index is 11.2. The van der Waals surface area contributed by atoms with Gasteiger partial charge in [0.05, 0.1) is 18.4 Å². The molecule has 0 saturated carbocycles. The number of halogens is 1. The Morgan fingerprint density at radius 2 is 2.69 bits per heavy atom. The number of nitrogens with one attached hydrogen (secondary N) is 1. The van der Waals surface area contributed by atoms with Crippen LogP contribution in [0.15, 0.2) is 12.3 Å². The first-order valence-electron chi connectivity index (χ1n) is 6.63. The molecule has 5 nitrogen and oxygen atoms in total. The SMILES string of the molecule is [2H]C([2H])([2H])OC([2H])([2H])c1cc2c(Cl)c[nH]c2nc1C(=O)O. The number of ether oxygens (including phenoxy) is 1. The molecule has 0 aromatic carbocycles. The lowest BCUT2D eigenvalue weighted by Gasteiger charge is -2.04. The van der Waals surface area contributed by atoms with E-state index in [1.165, 1.54) is 6.20 Å². The fourth-order valence-electron chi connectivity index (χ4n) is 1.31. The maximum absolute atomic E-state index is 11.2. The van der Waals surface area contributed by atoms with Crippen molar-refractivity contribution < 1.29 is 21.5 Å². The molecule has 0 radical (unpaired) electrons. The minimum absolute atomic E-state index is 0.144. The first-order chi connectivity index (χ1) is 9.51. The van der Waals surface area contributed by atoms with Crippen LogP contribution >= 0.6 is 11.6 Å². The lowest BCUT2D eigenvalue weighted by molar-refractivity contribution is 0.0685. The highest BCUT2D eigenvalue weighted by atomic mass is 35.5. The highest BCUT2D eigenvalue weighted by Crippen LogP contribution is 2.24. The highest BCUT2D eigenvalue weighted by Gasteiger charge is 2.15. The van der Waals surface area contributed by atoms with Crippen LogP contribution in [0.1, 0.15) is 22.9 Å². The maximum Gasteiger partial charge on any atom is 0.354 e. The van der Waals surface area contributed by atoms with Crippen LogP contribution in [0.3, 0.4) is 0 Å². The van der Waals surface area contributed by atoms with Crippen LogP contribution in [-0.2, 0) is 11.3 Å². The number of aromatic nitrogens is 2. The van der Waals surface area contributed by atoms with Crippen molar-refractivity contribution in [2.45, 2.75) is 6.56 Å². The Morgan fingerprint density at radius 3 is 3.38 bits per heavy atom. The lowest BCUT2D eigenvalue weighted by Crippen LogP contribution is -2.06. The molecule has 2 heterocycles. The molecule has 2 rings (SSSR count). The minimum atomic E-state index is -3.05. The third-order valence-electron chi connectivity index (χ3n) is 1.98. The van der Waals surface area contributed by atoms with Crippen molar-refractivity contribution in [3.63, 3.8) is 0 Å². The van der Waals surface area contributed by atoms with Gasteiger partial charge < -0.3 is 14.8 Å². The number of aromatic amines is 1. The second-order valence-corrected chi connectivity index (χ2v) is 3.33. The molecule has 6 heteroatoms. The number of hydrogen-bond donors (Lipinski definition) is 2. The van der Waals surface area contributed by atoms with E-state index in [0.29, 0.717) is 0 Å². The van der Waals surface area contributed by atoms with Crippen LogP contribution in [0, 0.1) is 0 Å². The van der Waals surface area contributed by atoms with Gasteiger partial charge in [0.2, 0.25) is 0 Å². The summed E-state index contributed by atoms with van der Waals surface area (Å²) in [4.78, 5) is 17.6. The number of rotatable bonds is 3. The van der Waals surface area contributed by atoms with Gasteiger partial charge in [-0.3, -0.25) is 0 Å². The number of carbonyl (C=O) groups is 1. The Bertz CT molecular complexity index is 713. The molecule has 0 aliphatic heterocycles. The molecule has 0 amide bonds. The van der Waals surface area contributed by atoms with E-state index in [9.17, 15) is 4.79 Å². The van der Waals surface area contributed by atoms with Crippen molar-refractivity contribution in [1.29, 1.82) is 0 Å². The quantitative estimate of drug-likeness (QED) is 0.868. The average molecular weight is 246 g/mol. The third-order valence-corrected chi connectivity index (χ3v) is 2.29. The monoisotopic (exact) mass is 245 g/mol. The summed E-state index contributed by atoms with van der Waals surface area (Å²) in [5.41, 5.74) is -1.04. The van der Waals surface area contributed by atoms with Gasteiger partial charge in [0.25, 0.3) is 0 Å². The Morgan fingerprint density at radius 1 is 1.88 bits per heavy atom. The van der Waals surface area contributed by atoms with E-state index >= 15 is 0 Å². The molecule has 2 N–H and O–H groups in total. The van der Waals surface area contributed by atoms with Gasteiger partial charge in [-0.1, -0.05) is 11.6 Å². The van der Waals surface area contributed by atoms with Gasteiger partial charge in [0, 0.05) is 24.2 Å². The second kappa shape index (κ2) is 4.11. The fraction of sp³-hybridized carbons (Fsp3) is 0.200. The smallest absolute Gasteiger partial charge is 0.354 e. The predicted molar refractivity (Wildman–Crippen MR) is 58.8 cm³/mol. The Hall–Kier alpha value is -1.59. The number of pyridine rings is 1. The number of carboxylic acid groups (broad SMARTS) is 1. The van der Waals surface area contributed by atoms with Crippen LogP contribution in [0.2, 0.25) is 5.02 Å². The second-order valence-electron chi connectivity index (χ2n) is 2.93. The van der Waals surface area contributed by atoms with Crippen molar-refractivity contribution in [1.82, 2.24) is 9.97 Å². The Kier molecular flexibility index (Phi) is 1.60. The summed E-state index contributed by atoms with van der Waals surface area (Å²) in [5, 5.41) is 9.58. The van der Waals surface area contributed by atoms with Crippen LogP contribution < -0.4 is 0 Å². The molecule has 0 aliphatic carbocycles. The van der Waals surface area contributed by atoms with Gasteiger partial charge in [-0.2, -0.15) is 0 Å². The van der Waals surface area contributed by atoms with Crippen molar-refractivity contribution in [3.8, 4) is 0 Å². The molecule has 0 atom stereocenters. The molecular formula is C10H9ClN2O3. The molecule has 0 bridgehead atoms. The molecule has 0 fully saturated rings. The van der Waals surface area contributed by atoms with E-state index in [1.807, 2.05) is 0 Å². The minimum Gasteiger partial charge on any atom is -0.476 e. The summed E-state index contributed by atoms with van der Waals surface area (Å²) in [7, 11) is -3.05. The van der Waals surface area contributed by atoms with E-state index in [2.05, 4.69) is 14.7 Å². The zero-order valence-corrected chi connectivity index (χ0v) is 8.50. The normalized spacial score (nSPS) is 17.2. The van der Waals surface area contributed by atoms with Crippen molar-refractivity contribution >= 4 is 28.6 Å². The standard InChI is InChI=1S/C10H9ClN2O3/c1-16-4-5-2-6-7(11)3-12-9(6)13-8(5)10(14)15/h2-3H,4H2,1H3,(H,12,13)(H,14,15)/i1D3,4D2. The number of methoxy groups -OCH3 is 1. The van der Waals surface area contributed by atoms with Crippen LogP contribution in [0.4, 0.5) is 0 Å². The molecule has 0 unspecified atom stereocenters. The molecule has 0 spiro atoms. The first-order valence-corrected chi connectivity index (χ1v) is 4.50. The number of hydrogen-bond acceptors (Lipinski definition) is 3. The third kappa shape index (κ3) is 1.75. The van der Waals surface area contributed by atoms with E-state index in [1.54, 1.807) is 0 Å². The molecule has 2 aromatic heterocycles. The van der Waals surface area contributed by atoms with E-state index in [0.717, 1.165) is 6.07 Å². The molecule has 0 aliphatic rings. The van der Waals surface area contributed by atoms with Crippen molar-refractivity contribution in [2.24, 2.45) is 0 Å². The average Bonchev–Trinajstić information content (AvgIpc) is 2.66. The summed E-state index contributed by atoms with van der Waals surface area (Å²) in [6.45, 7) is -2.87. The Balaban J connectivity index is 2.67. The summed E-state index contributed by atoms with van der Waals surface area (Å²) in [6.07, 6.45) is 1.36. The molecule has 16 heavy (non-hydrogen) atoms. The van der Waals surface area contributed by atoms with Gasteiger partial charge in [-0.05, 0) is 6.07 Å². The number of carboxylic acids is 1. The van der Waals surface area contributed by atoms with Crippen LogP contribution in [0.25, 0.3) is 11.0 Å². The largest absolute Gasteiger partial charge is 0.476 e. The number of aromatic carboxylic acids is 1. The summed E-state index contributed by atoms with van der Waals surface area (Å²) in [6, 6.07) is 1.11. The van der Waals surface area contributed by atoms with E-state index in [4.69, 9.17) is 23.6 Å². The number of H-pyrrole nitrogens is 1. The van der Waals surface area contributed by atoms with E-state index in [-0.39, 0.29) is 16.1 Å². The fourth-order valence-corrected chi connectivity index (χ4v) is 1.51. The topological polar surface area (TPSA) is 75.2 Å². The van der Waals surface area contributed by atoms with Gasteiger partial charge in [0.15, 0.2) is 5.69 Å². The first kappa shape index (κ1) is 6.22. The van der Waals surface area contributed by atoms with Gasteiger partial charge in [-0.25, -0.2) is 9.78 Å². The predicted octanol–water partition coefficient (Wildman–Crippen LogP) is 2.06. The molecular weight excluding hydrogens is 232 g/mol. The van der Waals surface area contributed by atoms with Gasteiger partial charge in [0.1, 0.15) is 5.65 Å². The van der Waals surface area contributed by atoms with Gasteiger partial charge >= 0.3 is 5.97 Å². The van der Waals surface area contributed by atoms with Crippen molar-refractivity contribution in [3.05, 3.63) is 28.5 Å². The summed E-state index contributed by atoms with van der Waals surface area (Å²) in [5.74, 6) is -1.52. The Labute approximate surface area is 103 Å². The van der Waals surface area contributed by atoms with Crippen LogP contribution in [-0.4, -0.2) is 28.1 Å². The lowest BCUT2D eigenvalue weighted by atomic mass is 10.1. The summed E-state index contributed by atoms with van der Waals surface area (Å²) < 4.78 is 40.6. The molecule has 0 saturated heterocycles. The number of fused-ring (bicyclic) bond motifs is 1. The zero-order chi connectivity index (χ0) is 16.0. The van der Waals surface area contributed by atoms with E-state index < -0.39 is 30.8 Å². The molecule has 84 valence electrons.